The highest BCUT2D eigenvalue weighted by Gasteiger charge is 2.31. The number of amides is 1. The minimum absolute atomic E-state index is 0. The van der Waals surface area contributed by atoms with Gasteiger partial charge in [-0.25, -0.2) is 0 Å². The van der Waals surface area contributed by atoms with Gasteiger partial charge in [-0.05, 0) is 24.3 Å². The first-order valence-electron chi connectivity index (χ1n) is 9.55. The fourth-order valence-corrected chi connectivity index (χ4v) is 3.11. The van der Waals surface area contributed by atoms with Gasteiger partial charge in [0.2, 0.25) is 5.91 Å². The standard InChI is InChI=1S/C19H27ClF3N5O2.HI/c1-24-18(25-13-17(29)26(2)14-19(21,22)23)28-9-7-27(8-10-28)11-12-30-16-5-3-15(20)4-6-16;/h3-6H,7-14H2,1-2H3,(H,24,25);1H. The van der Waals surface area contributed by atoms with E-state index in [1.54, 1.807) is 19.2 Å². The zero-order chi connectivity index (χ0) is 22.1. The van der Waals surface area contributed by atoms with Crippen molar-refractivity contribution in [2.45, 2.75) is 6.18 Å². The summed E-state index contributed by atoms with van der Waals surface area (Å²) in [4.78, 5) is 20.9. The molecule has 1 aromatic rings. The van der Waals surface area contributed by atoms with Crippen LogP contribution in [0, 0.1) is 0 Å². The van der Waals surface area contributed by atoms with Crippen molar-refractivity contribution >= 4 is 47.4 Å². The molecule has 1 aliphatic heterocycles. The quantitative estimate of drug-likeness (QED) is 0.307. The number of hydrogen-bond donors (Lipinski definition) is 1. The molecule has 1 heterocycles. The van der Waals surface area contributed by atoms with Crippen molar-refractivity contribution < 1.29 is 22.7 Å². The molecule has 0 spiro atoms. The molecule has 1 N–H and O–H groups in total. The lowest BCUT2D eigenvalue weighted by Crippen LogP contribution is -2.54. The van der Waals surface area contributed by atoms with E-state index in [1.165, 1.54) is 0 Å². The molecule has 1 fully saturated rings. The average Bonchev–Trinajstić information content (AvgIpc) is 2.69. The van der Waals surface area contributed by atoms with Crippen molar-refractivity contribution in [3.05, 3.63) is 29.3 Å². The molecule has 2 rings (SSSR count). The third-order valence-electron chi connectivity index (χ3n) is 4.61. The second kappa shape index (κ2) is 13.2. The second-order valence-electron chi connectivity index (χ2n) is 6.90. The molecule has 0 bridgehead atoms. The molecule has 31 heavy (non-hydrogen) atoms. The summed E-state index contributed by atoms with van der Waals surface area (Å²) in [6, 6.07) is 7.20. The molecule has 1 aromatic carbocycles. The fraction of sp³-hybridized carbons (Fsp3) is 0.579. The van der Waals surface area contributed by atoms with Crippen LogP contribution < -0.4 is 10.1 Å². The molecule has 0 unspecified atom stereocenters. The molecule has 1 aliphatic rings. The highest BCUT2D eigenvalue weighted by Crippen LogP contribution is 2.16. The van der Waals surface area contributed by atoms with E-state index in [1.807, 2.05) is 17.0 Å². The van der Waals surface area contributed by atoms with Crippen molar-refractivity contribution in [3.8, 4) is 5.75 Å². The van der Waals surface area contributed by atoms with E-state index < -0.39 is 18.6 Å². The van der Waals surface area contributed by atoms with Crippen LogP contribution in [0.5, 0.6) is 5.75 Å². The Morgan fingerprint density at radius 2 is 1.84 bits per heavy atom. The maximum atomic E-state index is 12.4. The number of halogens is 5. The topological polar surface area (TPSA) is 60.4 Å². The summed E-state index contributed by atoms with van der Waals surface area (Å²) < 4.78 is 42.9. The number of ether oxygens (including phenoxy) is 1. The second-order valence-corrected chi connectivity index (χ2v) is 7.33. The molecule has 0 radical (unpaired) electrons. The lowest BCUT2D eigenvalue weighted by molar-refractivity contribution is -0.157. The number of carbonyl (C=O) groups is 1. The number of nitrogens with zero attached hydrogens (tertiary/aromatic N) is 4. The monoisotopic (exact) mass is 577 g/mol. The van der Waals surface area contributed by atoms with Crippen LogP contribution in [0.25, 0.3) is 0 Å². The van der Waals surface area contributed by atoms with Crippen LogP contribution in [0.3, 0.4) is 0 Å². The average molecular weight is 578 g/mol. The Morgan fingerprint density at radius 1 is 1.23 bits per heavy atom. The predicted molar refractivity (Wildman–Crippen MR) is 125 cm³/mol. The number of likely N-dealkylation sites (N-methyl/N-ethyl adjacent to an activating group) is 1. The van der Waals surface area contributed by atoms with Gasteiger partial charge in [0.15, 0.2) is 5.96 Å². The largest absolute Gasteiger partial charge is 0.492 e. The third-order valence-corrected chi connectivity index (χ3v) is 4.87. The number of piperazine rings is 1. The Balaban J connectivity index is 0.00000480. The highest BCUT2D eigenvalue weighted by molar-refractivity contribution is 14.0. The molecule has 176 valence electrons. The number of aliphatic imine (C=N–C) groups is 1. The molecule has 7 nitrogen and oxygen atoms in total. The number of guanidine groups is 1. The van der Waals surface area contributed by atoms with Gasteiger partial charge in [-0.15, -0.1) is 24.0 Å². The van der Waals surface area contributed by atoms with Crippen LogP contribution >= 0.6 is 35.6 Å². The van der Waals surface area contributed by atoms with E-state index in [0.717, 1.165) is 32.4 Å². The van der Waals surface area contributed by atoms with Crippen LogP contribution in [0.4, 0.5) is 13.2 Å². The van der Waals surface area contributed by atoms with Gasteiger partial charge in [0.25, 0.3) is 0 Å². The summed E-state index contributed by atoms with van der Waals surface area (Å²) in [7, 11) is 2.71. The Hall–Kier alpha value is -1.47. The van der Waals surface area contributed by atoms with Crippen molar-refractivity contribution in [2.24, 2.45) is 4.99 Å². The van der Waals surface area contributed by atoms with Crippen molar-refractivity contribution in [3.63, 3.8) is 0 Å². The summed E-state index contributed by atoms with van der Waals surface area (Å²) in [6.45, 7) is 2.74. The van der Waals surface area contributed by atoms with E-state index in [4.69, 9.17) is 16.3 Å². The predicted octanol–water partition coefficient (Wildman–Crippen LogP) is 2.55. The first-order valence-corrected chi connectivity index (χ1v) is 9.93. The van der Waals surface area contributed by atoms with Crippen LogP contribution in [-0.4, -0.2) is 99.3 Å². The molecule has 12 heteroatoms. The first kappa shape index (κ1) is 27.6. The van der Waals surface area contributed by atoms with E-state index in [2.05, 4.69) is 15.2 Å². The molecule has 0 aliphatic carbocycles. The Morgan fingerprint density at radius 3 is 2.39 bits per heavy atom. The van der Waals surface area contributed by atoms with Gasteiger partial charge in [-0.3, -0.25) is 14.7 Å². The number of alkyl halides is 3. The van der Waals surface area contributed by atoms with Gasteiger partial charge in [0, 0.05) is 51.8 Å². The van der Waals surface area contributed by atoms with E-state index in [-0.39, 0.29) is 30.5 Å². The highest BCUT2D eigenvalue weighted by atomic mass is 127. The smallest absolute Gasteiger partial charge is 0.406 e. The zero-order valence-corrected chi connectivity index (χ0v) is 20.6. The molecule has 1 saturated heterocycles. The van der Waals surface area contributed by atoms with E-state index >= 15 is 0 Å². The normalized spacial score (nSPS) is 15.3. The van der Waals surface area contributed by atoms with E-state index in [9.17, 15) is 18.0 Å². The van der Waals surface area contributed by atoms with Gasteiger partial charge in [0.05, 0.1) is 6.54 Å². The van der Waals surface area contributed by atoms with E-state index in [0.29, 0.717) is 35.6 Å². The summed E-state index contributed by atoms with van der Waals surface area (Å²) >= 11 is 5.85. The maximum Gasteiger partial charge on any atom is 0.406 e. The van der Waals surface area contributed by atoms with Gasteiger partial charge < -0.3 is 19.9 Å². The number of rotatable bonds is 7. The molecule has 0 aromatic heterocycles. The number of carbonyl (C=O) groups excluding carboxylic acids is 1. The first-order chi connectivity index (χ1) is 14.2. The maximum absolute atomic E-state index is 12.4. The summed E-state index contributed by atoms with van der Waals surface area (Å²) in [5.41, 5.74) is 0. The van der Waals surface area contributed by atoms with Crippen LogP contribution in [0.15, 0.2) is 29.3 Å². The number of benzene rings is 1. The van der Waals surface area contributed by atoms with Gasteiger partial charge in [0.1, 0.15) is 18.9 Å². The van der Waals surface area contributed by atoms with Crippen LogP contribution in [-0.2, 0) is 4.79 Å². The summed E-state index contributed by atoms with van der Waals surface area (Å²) in [5.74, 6) is 0.620. The Kier molecular flexibility index (Phi) is 11.7. The fourth-order valence-electron chi connectivity index (χ4n) is 2.99. The summed E-state index contributed by atoms with van der Waals surface area (Å²) in [5, 5.41) is 3.51. The SMILES string of the molecule is CN=C(NCC(=O)N(C)CC(F)(F)F)N1CCN(CCOc2ccc(Cl)cc2)CC1.I. The molecule has 0 saturated carbocycles. The molecule has 0 atom stereocenters. The van der Waals surface area contributed by atoms with Gasteiger partial charge in [-0.1, -0.05) is 11.6 Å². The van der Waals surface area contributed by atoms with Crippen molar-refractivity contribution in [1.29, 1.82) is 0 Å². The lowest BCUT2D eigenvalue weighted by Gasteiger charge is -2.36. The number of hydrogen-bond acceptors (Lipinski definition) is 4. The number of nitrogens with one attached hydrogen (secondary N) is 1. The minimum Gasteiger partial charge on any atom is -0.492 e. The Bertz CT molecular complexity index is 713. The van der Waals surface area contributed by atoms with Gasteiger partial charge >= 0.3 is 6.18 Å². The minimum atomic E-state index is -4.42. The van der Waals surface area contributed by atoms with Crippen molar-refractivity contribution in [1.82, 2.24) is 20.0 Å². The van der Waals surface area contributed by atoms with Crippen LogP contribution in [0.1, 0.15) is 0 Å². The molecular weight excluding hydrogens is 550 g/mol. The van der Waals surface area contributed by atoms with Crippen molar-refractivity contribution in [2.75, 3.05) is 66.5 Å². The third kappa shape index (κ3) is 10.1. The van der Waals surface area contributed by atoms with Crippen LogP contribution in [0.2, 0.25) is 5.02 Å². The summed E-state index contributed by atoms with van der Waals surface area (Å²) in [6.07, 6.45) is -4.42. The van der Waals surface area contributed by atoms with Gasteiger partial charge in [-0.2, -0.15) is 13.2 Å². The molecular formula is C19H28ClF3IN5O2. The Labute approximate surface area is 202 Å². The molecule has 1 amide bonds. The lowest BCUT2D eigenvalue weighted by atomic mass is 10.3. The zero-order valence-electron chi connectivity index (χ0n) is 17.5.